The number of carbonyl (C=O) groups is 2. The van der Waals surface area contributed by atoms with Crippen LogP contribution in [-0.4, -0.2) is 37.6 Å². The first kappa shape index (κ1) is 16.6. The van der Waals surface area contributed by atoms with E-state index in [4.69, 9.17) is 15.2 Å². The van der Waals surface area contributed by atoms with Crippen LogP contribution >= 0.6 is 0 Å². The molecule has 1 aliphatic rings. The van der Waals surface area contributed by atoms with E-state index in [1.807, 2.05) is 24.3 Å². The molecule has 7 heteroatoms. The highest BCUT2D eigenvalue weighted by Gasteiger charge is 2.21. The van der Waals surface area contributed by atoms with E-state index in [2.05, 4.69) is 10.6 Å². The van der Waals surface area contributed by atoms with Gasteiger partial charge in [-0.25, -0.2) is 0 Å². The molecule has 0 fully saturated rings. The average molecular weight is 341 g/mol. The second-order valence-corrected chi connectivity index (χ2v) is 5.57. The van der Waals surface area contributed by atoms with E-state index in [1.165, 1.54) is 0 Å². The lowest BCUT2D eigenvalue weighted by Crippen LogP contribution is -2.42. The van der Waals surface area contributed by atoms with Crippen molar-refractivity contribution in [3.8, 4) is 11.5 Å². The van der Waals surface area contributed by atoms with Crippen LogP contribution in [0.2, 0.25) is 0 Å². The quantitative estimate of drug-likeness (QED) is 0.731. The Morgan fingerprint density at radius 3 is 2.60 bits per heavy atom. The molecule has 0 aliphatic carbocycles. The maximum absolute atomic E-state index is 12.0. The van der Waals surface area contributed by atoms with Gasteiger partial charge in [-0.3, -0.25) is 9.59 Å². The monoisotopic (exact) mass is 341 g/mol. The maximum Gasteiger partial charge on any atom is 0.250 e. The number of hydrogen-bond acceptors (Lipinski definition) is 5. The molecule has 0 bridgehead atoms. The topological polar surface area (TPSA) is 103 Å². The van der Waals surface area contributed by atoms with E-state index < -0.39 is 5.91 Å². The summed E-state index contributed by atoms with van der Waals surface area (Å²) in [6.07, 6.45) is -0.253. The minimum absolute atomic E-state index is 0.0223. The maximum atomic E-state index is 12.0. The van der Waals surface area contributed by atoms with Gasteiger partial charge in [-0.2, -0.15) is 0 Å². The molecule has 1 aliphatic heterocycles. The van der Waals surface area contributed by atoms with Gasteiger partial charge in [0.1, 0.15) is 12.7 Å². The summed E-state index contributed by atoms with van der Waals surface area (Å²) in [5.74, 6) is 0.605. The highest BCUT2D eigenvalue weighted by molar-refractivity contribution is 5.98. The van der Waals surface area contributed by atoms with Gasteiger partial charge in [-0.05, 0) is 24.3 Å². The molecular formula is C18H19N3O4. The van der Waals surface area contributed by atoms with Crippen LogP contribution in [0.3, 0.4) is 0 Å². The fourth-order valence-corrected chi connectivity index (χ4v) is 2.48. The summed E-state index contributed by atoms with van der Waals surface area (Å²) in [6.45, 7) is 0.718. The minimum atomic E-state index is -0.546. The van der Waals surface area contributed by atoms with E-state index in [-0.39, 0.29) is 18.6 Å². The third-order valence-corrected chi connectivity index (χ3v) is 3.73. The summed E-state index contributed by atoms with van der Waals surface area (Å²) in [6, 6.07) is 14.2. The van der Waals surface area contributed by atoms with Crippen molar-refractivity contribution in [2.45, 2.75) is 6.10 Å². The summed E-state index contributed by atoms with van der Waals surface area (Å²) in [5, 5.41) is 5.69. The van der Waals surface area contributed by atoms with Crippen molar-refractivity contribution in [2.24, 2.45) is 5.73 Å². The zero-order valence-corrected chi connectivity index (χ0v) is 13.5. The minimum Gasteiger partial charge on any atom is -0.486 e. The van der Waals surface area contributed by atoms with Crippen molar-refractivity contribution in [2.75, 3.05) is 25.0 Å². The lowest BCUT2D eigenvalue weighted by atomic mass is 10.1. The van der Waals surface area contributed by atoms with Gasteiger partial charge in [0.2, 0.25) is 5.91 Å². The van der Waals surface area contributed by atoms with E-state index in [0.29, 0.717) is 35.9 Å². The van der Waals surface area contributed by atoms with Gasteiger partial charge in [0, 0.05) is 5.69 Å². The molecule has 25 heavy (non-hydrogen) atoms. The second-order valence-electron chi connectivity index (χ2n) is 5.57. The molecule has 2 amide bonds. The summed E-state index contributed by atoms with van der Waals surface area (Å²) in [4.78, 5) is 23.4. The number of nitrogens with one attached hydrogen (secondary N) is 2. The van der Waals surface area contributed by atoms with E-state index >= 15 is 0 Å². The van der Waals surface area contributed by atoms with Crippen molar-refractivity contribution in [1.82, 2.24) is 5.32 Å². The molecule has 0 aromatic heterocycles. The Hall–Kier alpha value is -3.22. The zero-order chi connectivity index (χ0) is 17.6. The van der Waals surface area contributed by atoms with Crippen LogP contribution in [0.1, 0.15) is 10.4 Å². The van der Waals surface area contributed by atoms with Gasteiger partial charge in [0.25, 0.3) is 5.91 Å². The molecule has 0 spiro atoms. The molecule has 1 atom stereocenters. The first-order chi connectivity index (χ1) is 12.1. The second kappa shape index (κ2) is 7.57. The first-order valence-electron chi connectivity index (χ1n) is 7.91. The Morgan fingerprint density at radius 2 is 1.80 bits per heavy atom. The fraction of sp³-hybridized carbons (Fsp3) is 0.222. The van der Waals surface area contributed by atoms with Crippen LogP contribution in [0.5, 0.6) is 11.5 Å². The van der Waals surface area contributed by atoms with Gasteiger partial charge < -0.3 is 25.8 Å². The third-order valence-electron chi connectivity index (χ3n) is 3.73. The number of hydrogen-bond donors (Lipinski definition) is 3. The summed E-state index contributed by atoms with van der Waals surface area (Å²) in [7, 11) is 0. The molecule has 4 N–H and O–H groups in total. The molecule has 1 heterocycles. The molecule has 0 saturated carbocycles. The van der Waals surface area contributed by atoms with Crippen LogP contribution in [0.4, 0.5) is 5.69 Å². The van der Waals surface area contributed by atoms with Crippen LogP contribution in [0.25, 0.3) is 0 Å². The van der Waals surface area contributed by atoms with Gasteiger partial charge in [0.05, 0.1) is 18.7 Å². The smallest absolute Gasteiger partial charge is 0.250 e. The largest absolute Gasteiger partial charge is 0.486 e. The fourth-order valence-electron chi connectivity index (χ4n) is 2.48. The van der Waals surface area contributed by atoms with E-state index in [9.17, 15) is 9.59 Å². The van der Waals surface area contributed by atoms with Gasteiger partial charge in [0.15, 0.2) is 11.5 Å². The number of primary amides is 1. The number of carbonyl (C=O) groups excluding carboxylic acids is 2. The summed E-state index contributed by atoms with van der Waals surface area (Å²) in [5.41, 5.74) is 6.17. The Kier molecular flexibility index (Phi) is 5.03. The SMILES string of the molecule is NC(=O)c1ccccc1NCC(=O)NCC1COc2ccccc2O1. The normalized spacial score (nSPS) is 15.3. The number of amides is 2. The zero-order valence-electron chi connectivity index (χ0n) is 13.5. The lowest BCUT2D eigenvalue weighted by molar-refractivity contribution is -0.119. The van der Waals surface area contributed by atoms with Crippen LogP contribution < -0.4 is 25.8 Å². The molecule has 2 aromatic rings. The molecule has 130 valence electrons. The molecule has 0 saturated heterocycles. The Labute approximate surface area is 145 Å². The van der Waals surface area contributed by atoms with Crippen LogP contribution in [-0.2, 0) is 4.79 Å². The van der Waals surface area contributed by atoms with Crippen molar-refractivity contribution >= 4 is 17.5 Å². The number of fused-ring (bicyclic) bond motifs is 1. The highest BCUT2D eigenvalue weighted by Crippen LogP contribution is 2.30. The molecule has 1 unspecified atom stereocenters. The number of para-hydroxylation sites is 3. The molecule has 0 radical (unpaired) electrons. The summed E-state index contributed by atoms with van der Waals surface area (Å²) < 4.78 is 11.4. The van der Waals surface area contributed by atoms with Gasteiger partial charge >= 0.3 is 0 Å². The number of anilines is 1. The van der Waals surface area contributed by atoms with Crippen molar-refractivity contribution in [3.05, 3.63) is 54.1 Å². The van der Waals surface area contributed by atoms with E-state index in [0.717, 1.165) is 0 Å². The number of nitrogens with two attached hydrogens (primary N) is 1. The predicted molar refractivity (Wildman–Crippen MR) is 92.8 cm³/mol. The standard InChI is InChI=1S/C18H19N3O4/c19-18(23)13-5-1-2-6-14(13)20-10-17(22)21-9-12-11-24-15-7-3-4-8-16(15)25-12/h1-8,12,20H,9-11H2,(H2,19,23)(H,21,22). The lowest BCUT2D eigenvalue weighted by Gasteiger charge is -2.26. The van der Waals surface area contributed by atoms with Crippen molar-refractivity contribution in [1.29, 1.82) is 0 Å². The number of benzene rings is 2. The Bertz CT molecular complexity index is 778. The molecule has 3 rings (SSSR count). The molecule has 2 aromatic carbocycles. The average Bonchev–Trinajstić information content (AvgIpc) is 2.64. The third kappa shape index (κ3) is 4.20. The number of rotatable bonds is 6. The van der Waals surface area contributed by atoms with E-state index in [1.54, 1.807) is 24.3 Å². The van der Waals surface area contributed by atoms with Crippen molar-refractivity contribution in [3.63, 3.8) is 0 Å². The first-order valence-corrected chi connectivity index (χ1v) is 7.91. The number of ether oxygens (including phenoxy) is 2. The predicted octanol–water partition coefficient (Wildman–Crippen LogP) is 1.15. The van der Waals surface area contributed by atoms with Crippen LogP contribution in [0, 0.1) is 0 Å². The summed E-state index contributed by atoms with van der Waals surface area (Å²) >= 11 is 0. The van der Waals surface area contributed by atoms with Gasteiger partial charge in [-0.15, -0.1) is 0 Å². The van der Waals surface area contributed by atoms with Crippen molar-refractivity contribution < 1.29 is 19.1 Å². The molecule has 7 nitrogen and oxygen atoms in total. The highest BCUT2D eigenvalue weighted by atomic mass is 16.6. The Balaban J connectivity index is 1.47. The Morgan fingerprint density at radius 1 is 1.08 bits per heavy atom. The van der Waals surface area contributed by atoms with Crippen LogP contribution in [0.15, 0.2) is 48.5 Å². The molecular weight excluding hydrogens is 322 g/mol. The van der Waals surface area contributed by atoms with Gasteiger partial charge in [-0.1, -0.05) is 24.3 Å².